The van der Waals surface area contributed by atoms with Gasteiger partial charge in [0.15, 0.2) is 9.84 Å². The summed E-state index contributed by atoms with van der Waals surface area (Å²) in [7, 11) is -3.14. The van der Waals surface area contributed by atoms with Gasteiger partial charge in [-0.2, -0.15) is 18.3 Å². The summed E-state index contributed by atoms with van der Waals surface area (Å²) in [6, 6.07) is 0.455. The van der Waals surface area contributed by atoms with E-state index in [9.17, 15) is 31.2 Å². The van der Waals surface area contributed by atoms with Gasteiger partial charge in [0.05, 0.1) is 35.8 Å². The second-order valence-corrected chi connectivity index (χ2v) is 9.91. The quantitative estimate of drug-likeness (QED) is 0.656. The van der Waals surface area contributed by atoms with Crippen LogP contribution in [-0.2, 0) is 19.4 Å². The number of rotatable bonds is 6. The van der Waals surface area contributed by atoms with Gasteiger partial charge in [0.2, 0.25) is 11.8 Å². The molecule has 0 spiro atoms. The summed E-state index contributed by atoms with van der Waals surface area (Å²) >= 11 is 0. The van der Waals surface area contributed by atoms with E-state index >= 15 is 0 Å². The molecule has 0 aliphatic carbocycles. The van der Waals surface area contributed by atoms with E-state index in [0.29, 0.717) is 37.3 Å². The molecule has 0 aromatic carbocycles. The molecular formula is C17H24F3N5O4S. The zero-order valence-corrected chi connectivity index (χ0v) is 17.2. The van der Waals surface area contributed by atoms with Gasteiger partial charge in [0.25, 0.3) is 0 Å². The number of sulfone groups is 1. The topological polar surface area (TPSA) is 113 Å². The van der Waals surface area contributed by atoms with Crippen LogP contribution in [0, 0.1) is 6.92 Å². The number of aromatic nitrogens is 2. The molecule has 2 atom stereocenters. The molecule has 2 N–H and O–H groups in total. The van der Waals surface area contributed by atoms with Crippen LogP contribution in [0.3, 0.4) is 0 Å². The van der Waals surface area contributed by atoms with Gasteiger partial charge in [0, 0.05) is 6.07 Å². The molecule has 3 rings (SSSR count). The molecule has 1 aromatic rings. The number of carbonyl (C=O) groups excluding carboxylic acids is 2. The van der Waals surface area contributed by atoms with E-state index in [4.69, 9.17) is 0 Å². The van der Waals surface area contributed by atoms with E-state index in [0.717, 1.165) is 0 Å². The Balaban J connectivity index is 1.61. The predicted molar refractivity (Wildman–Crippen MR) is 102 cm³/mol. The number of anilines is 1. The van der Waals surface area contributed by atoms with Crippen LogP contribution < -0.4 is 10.6 Å². The molecule has 9 nitrogen and oxygen atoms in total. The van der Waals surface area contributed by atoms with Gasteiger partial charge in [-0.3, -0.25) is 14.5 Å². The molecule has 0 saturated carbocycles. The first-order valence-electron chi connectivity index (χ1n) is 9.58. The molecular weight excluding hydrogens is 427 g/mol. The predicted octanol–water partition coefficient (Wildman–Crippen LogP) is 0.633. The van der Waals surface area contributed by atoms with Gasteiger partial charge in [-0.15, -0.1) is 0 Å². The molecule has 2 unspecified atom stereocenters. The molecule has 3 heterocycles. The number of aryl methyl sites for hydroxylation is 1. The lowest BCUT2D eigenvalue weighted by Gasteiger charge is -2.23. The smallest absolute Gasteiger partial charge is 0.346 e. The molecule has 30 heavy (non-hydrogen) atoms. The fourth-order valence-electron chi connectivity index (χ4n) is 3.84. The molecule has 13 heteroatoms. The van der Waals surface area contributed by atoms with Gasteiger partial charge in [0.1, 0.15) is 12.4 Å². The number of amides is 2. The third-order valence-corrected chi connectivity index (χ3v) is 6.91. The van der Waals surface area contributed by atoms with E-state index in [1.807, 2.05) is 5.32 Å². The van der Waals surface area contributed by atoms with E-state index in [2.05, 4.69) is 10.4 Å². The highest BCUT2D eigenvalue weighted by atomic mass is 32.2. The van der Waals surface area contributed by atoms with Crippen LogP contribution in [-0.4, -0.2) is 78.3 Å². The molecule has 2 aliphatic rings. The third kappa shape index (κ3) is 5.72. The maximum absolute atomic E-state index is 12.5. The maximum atomic E-state index is 12.5. The van der Waals surface area contributed by atoms with Crippen molar-refractivity contribution in [3.63, 3.8) is 0 Å². The molecule has 2 amide bonds. The first kappa shape index (κ1) is 22.5. The standard InChI is InChI=1S/C17H24F3N5O4S/c1-11-7-14(25(23-11)12-4-6-30(28,29)9-12)22-15(26)8-24-5-2-3-13(24)16(27)21-10-17(18,19)20/h7,12-13H,2-6,8-10H2,1H3,(H,21,27)(H,22,26). The van der Waals surface area contributed by atoms with Crippen LogP contribution in [0.15, 0.2) is 6.07 Å². The minimum atomic E-state index is -4.50. The van der Waals surface area contributed by atoms with Crippen molar-refractivity contribution in [1.82, 2.24) is 20.0 Å². The number of hydrogen-bond acceptors (Lipinski definition) is 6. The van der Waals surface area contributed by atoms with Crippen LogP contribution in [0.4, 0.5) is 19.0 Å². The van der Waals surface area contributed by atoms with E-state index < -0.39 is 40.4 Å². The summed E-state index contributed by atoms with van der Waals surface area (Å²) in [5, 5.41) is 8.84. The Labute approximate surface area is 171 Å². The Morgan fingerprint density at radius 2 is 2.03 bits per heavy atom. The first-order valence-corrected chi connectivity index (χ1v) is 11.4. The largest absolute Gasteiger partial charge is 0.405 e. The lowest BCUT2D eigenvalue weighted by Crippen LogP contribution is -2.48. The van der Waals surface area contributed by atoms with E-state index in [-0.39, 0.29) is 24.1 Å². The first-order chi connectivity index (χ1) is 13.9. The summed E-state index contributed by atoms with van der Waals surface area (Å²) in [5.74, 6) is -0.837. The monoisotopic (exact) mass is 451 g/mol. The van der Waals surface area contributed by atoms with Crippen molar-refractivity contribution < 1.29 is 31.2 Å². The lowest BCUT2D eigenvalue weighted by molar-refractivity contribution is -0.141. The molecule has 2 fully saturated rings. The van der Waals surface area contributed by atoms with Crippen LogP contribution in [0.5, 0.6) is 0 Å². The Morgan fingerprint density at radius 3 is 2.67 bits per heavy atom. The highest BCUT2D eigenvalue weighted by Crippen LogP contribution is 2.27. The van der Waals surface area contributed by atoms with Crippen molar-refractivity contribution >= 4 is 27.5 Å². The van der Waals surface area contributed by atoms with Crippen molar-refractivity contribution in [3.05, 3.63) is 11.8 Å². The van der Waals surface area contributed by atoms with Gasteiger partial charge in [-0.25, -0.2) is 13.1 Å². The fourth-order valence-corrected chi connectivity index (χ4v) is 5.53. The average Bonchev–Trinajstić information content (AvgIpc) is 3.31. The zero-order valence-electron chi connectivity index (χ0n) is 16.4. The minimum Gasteiger partial charge on any atom is -0.346 e. The van der Waals surface area contributed by atoms with Crippen LogP contribution in [0.1, 0.15) is 31.0 Å². The third-order valence-electron chi connectivity index (χ3n) is 5.16. The van der Waals surface area contributed by atoms with Gasteiger partial charge < -0.3 is 10.6 Å². The molecule has 1 aromatic heterocycles. The summed E-state index contributed by atoms with van der Waals surface area (Å²) in [6.07, 6.45) is -3.14. The number of nitrogens with one attached hydrogen (secondary N) is 2. The zero-order chi connectivity index (χ0) is 22.1. The average molecular weight is 451 g/mol. The summed E-state index contributed by atoms with van der Waals surface area (Å²) in [4.78, 5) is 26.1. The van der Waals surface area contributed by atoms with Crippen molar-refractivity contribution in [2.75, 3.05) is 36.5 Å². The minimum absolute atomic E-state index is 0.0510. The number of halogens is 3. The number of likely N-dealkylation sites (tertiary alicyclic amines) is 1. The van der Waals surface area contributed by atoms with Crippen LogP contribution in [0.2, 0.25) is 0 Å². The second-order valence-electron chi connectivity index (χ2n) is 7.68. The van der Waals surface area contributed by atoms with Crippen LogP contribution in [0.25, 0.3) is 0 Å². The highest BCUT2D eigenvalue weighted by Gasteiger charge is 2.35. The van der Waals surface area contributed by atoms with E-state index in [1.165, 1.54) is 9.58 Å². The van der Waals surface area contributed by atoms with E-state index in [1.54, 1.807) is 13.0 Å². The number of hydrogen-bond donors (Lipinski definition) is 2. The summed E-state index contributed by atoms with van der Waals surface area (Å²) in [6.45, 7) is 0.552. The normalized spacial score (nSPS) is 24.1. The molecule has 2 saturated heterocycles. The molecule has 2 aliphatic heterocycles. The molecule has 0 radical (unpaired) electrons. The maximum Gasteiger partial charge on any atom is 0.405 e. The highest BCUT2D eigenvalue weighted by molar-refractivity contribution is 7.91. The van der Waals surface area contributed by atoms with Crippen LogP contribution >= 0.6 is 0 Å². The Bertz CT molecular complexity index is 915. The van der Waals surface area contributed by atoms with Gasteiger partial charge >= 0.3 is 6.18 Å². The summed E-state index contributed by atoms with van der Waals surface area (Å²) < 4.78 is 62.0. The summed E-state index contributed by atoms with van der Waals surface area (Å²) in [5.41, 5.74) is 0.611. The van der Waals surface area contributed by atoms with Crippen molar-refractivity contribution in [1.29, 1.82) is 0 Å². The van der Waals surface area contributed by atoms with Gasteiger partial charge in [-0.1, -0.05) is 0 Å². The Kier molecular flexibility index (Phi) is 6.41. The molecule has 0 bridgehead atoms. The van der Waals surface area contributed by atoms with Crippen molar-refractivity contribution in [2.24, 2.45) is 0 Å². The lowest BCUT2D eigenvalue weighted by atomic mass is 10.2. The van der Waals surface area contributed by atoms with Gasteiger partial charge in [-0.05, 0) is 32.7 Å². The number of nitrogens with zero attached hydrogens (tertiary/aromatic N) is 3. The second kappa shape index (κ2) is 8.53. The Morgan fingerprint density at radius 1 is 1.30 bits per heavy atom. The molecule has 168 valence electrons. The number of carbonyl (C=O) groups is 2. The number of alkyl halides is 3. The van der Waals surface area contributed by atoms with Crippen molar-refractivity contribution in [3.8, 4) is 0 Å². The SMILES string of the molecule is Cc1cc(NC(=O)CN2CCCC2C(=O)NCC(F)(F)F)n(C2CCS(=O)(=O)C2)n1. The van der Waals surface area contributed by atoms with Crippen molar-refractivity contribution in [2.45, 2.75) is 44.4 Å². The Hall–Kier alpha value is -2.15. The fraction of sp³-hybridized carbons (Fsp3) is 0.706.